The second kappa shape index (κ2) is 9.65. The van der Waals surface area contributed by atoms with Gasteiger partial charge in [-0.1, -0.05) is 20.8 Å². The SMILES string of the molecule is COc1cc(CN(CCOC(C)=O)S(C)(=O)=O)c(-c2ccc[nH]c2=O)cc1C(C)(C)C. The molecule has 1 aromatic heterocycles. The fourth-order valence-corrected chi connectivity index (χ4v) is 4.02. The number of esters is 1. The Labute approximate surface area is 183 Å². The zero-order valence-electron chi connectivity index (χ0n) is 18.8. The first kappa shape index (κ1) is 24.6. The number of sulfonamides is 1. The number of aromatic nitrogens is 1. The minimum absolute atomic E-state index is 0.00760. The Kier molecular flexibility index (Phi) is 7.67. The van der Waals surface area contributed by atoms with Crippen LogP contribution in [-0.2, 0) is 31.5 Å². The van der Waals surface area contributed by atoms with E-state index in [0.717, 1.165) is 11.8 Å². The molecule has 1 aromatic carbocycles. The Morgan fingerprint density at radius 2 is 1.87 bits per heavy atom. The van der Waals surface area contributed by atoms with Crippen LogP contribution in [0.4, 0.5) is 0 Å². The van der Waals surface area contributed by atoms with Crippen molar-refractivity contribution in [2.75, 3.05) is 26.5 Å². The highest BCUT2D eigenvalue weighted by molar-refractivity contribution is 7.88. The third kappa shape index (κ3) is 6.41. The lowest BCUT2D eigenvalue weighted by atomic mass is 9.83. The first-order valence-electron chi connectivity index (χ1n) is 9.82. The van der Waals surface area contributed by atoms with Crippen molar-refractivity contribution in [1.82, 2.24) is 9.29 Å². The highest BCUT2D eigenvalue weighted by Gasteiger charge is 2.25. The molecule has 31 heavy (non-hydrogen) atoms. The van der Waals surface area contributed by atoms with Gasteiger partial charge in [0.15, 0.2) is 0 Å². The van der Waals surface area contributed by atoms with Crippen LogP contribution >= 0.6 is 0 Å². The number of H-pyrrole nitrogens is 1. The van der Waals surface area contributed by atoms with Gasteiger partial charge in [-0.05, 0) is 40.8 Å². The van der Waals surface area contributed by atoms with E-state index in [4.69, 9.17) is 9.47 Å². The van der Waals surface area contributed by atoms with Gasteiger partial charge in [0.05, 0.1) is 13.4 Å². The van der Waals surface area contributed by atoms with Gasteiger partial charge >= 0.3 is 5.97 Å². The fourth-order valence-electron chi connectivity index (χ4n) is 3.24. The van der Waals surface area contributed by atoms with Gasteiger partial charge in [0, 0.05) is 37.3 Å². The Bertz CT molecular complexity index is 1100. The summed E-state index contributed by atoms with van der Waals surface area (Å²) in [4.78, 5) is 26.3. The smallest absolute Gasteiger partial charge is 0.302 e. The van der Waals surface area contributed by atoms with Gasteiger partial charge < -0.3 is 14.5 Å². The molecule has 0 radical (unpaired) electrons. The molecule has 2 aromatic rings. The van der Waals surface area contributed by atoms with E-state index in [-0.39, 0.29) is 30.7 Å². The van der Waals surface area contributed by atoms with Crippen molar-refractivity contribution >= 4 is 16.0 Å². The van der Waals surface area contributed by atoms with Crippen molar-refractivity contribution in [1.29, 1.82) is 0 Å². The molecule has 170 valence electrons. The molecular formula is C22H30N2O6S. The normalized spacial score (nSPS) is 12.1. The number of methoxy groups -OCH3 is 1. The van der Waals surface area contributed by atoms with Crippen molar-refractivity contribution in [2.45, 2.75) is 39.7 Å². The van der Waals surface area contributed by atoms with Crippen LogP contribution in [0.15, 0.2) is 35.3 Å². The number of rotatable bonds is 8. The highest BCUT2D eigenvalue weighted by atomic mass is 32.2. The number of nitrogens with zero attached hydrogens (tertiary/aromatic N) is 1. The standard InChI is InChI=1S/C22H30N2O6S/c1-15(25)30-11-10-24(31(6,27)28)14-16-12-20(29-5)19(22(2,3)4)13-18(16)17-8-7-9-23-21(17)26/h7-9,12-13H,10-11,14H2,1-6H3,(H,23,26). The number of carbonyl (C=O) groups excluding carboxylic acids is 1. The molecule has 0 amide bonds. The van der Waals surface area contributed by atoms with Crippen LogP contribution in [0.2, 0.25) is 0 Å². The topological polar surface area (TPSA) is 106 Å². The zero-order valence-corrected chi connectivity index (χ0v) is 19.6. The highest BCUT2D eigenvalue weighted by Crippen LogP contribution is 2.37. The maximum Gasteiger partial charge on any atom is 0.302 e. The summed E-state index contributed by atoms with van der Waals surface area (Å²) in [5.41, 5.74) is 2.00. The molecule has 0 unspecified atom stereocenters. The lowest BCUT2D eigenvalue weighted by molar-refractivity contribution is -0.141. The lowest BCUT2D eigenvalue weighted by Gasteiger charge is -2.26. The van der Waals surface area contributed by atoms with Gasteiger partial charge in [0.25, 0.3) is 5.56 Å². The summed E-state index contributed by atoms with van der Waals surface area (Å²) >= 11 is 0. The van der Waals surface area contributed by atoms with Crippen molar-refractivity contribution in [3.63, 3.8) is 0 Å². The minimum Gasteiger partial charge on any atom is -0.496 e. The van der Waals surface area contributed by atoms with E-state index >= 15 is 0 Å². The average molecular weight is 451 g/mol. The average Bonchev–Trinajstić information content (AvgIpc) is 2.65. The molecule has 2 rings (SSSR count). The predicted octanol–water partition coefficient (Wildman–Crippen LogP) is 2.67. The quantitative estimate of drug-likeness (QED) is 0.620. The number of benzene rings is 1. The third-order valence-electron chi connectivity index (χ3n) is 4.80. The first-order valence-corrected chi connectivity index (χ1v) is 11.7. The van der Waals surface area contributed by atoms with E-state index in [0.29, 0.717) is 22.4 Å². The van der Waals surface area contributed by atoms with Crippen LogP contribution in [0, 0.1) is 0 Å². The predicted molar refractivity (Wildman–Crippen MR) is 120 cm³/mol. The second-order valence-corrected chi connectivity index (χ2v) is 10.3. The molecule has 0 saturated carbocycles. The maximum absolute atomic E-state index is 12.5. The molecule has 0 atom stereocenters. The Hall–Kier alpha value is -2.65. The summed E-state index contributed by atoms with van der Waals surface area (Å²) < 4.78 is 36.5. The van der Waals surface area contributed by atoms with Gasteiger partial charge in [-0.3, -0.25) is 9.59 Å². The second-order valence-electron chi connectivity index (χ2n) is 8.31. The minimum atomic E-state index is -3.61. The molecule has 0 bridgehead atoms. The molecular weight excluding hydrogens is 420 g/mol. The van der Waals surface area contributed by atoms with Gasteiger partial charge in [0.1, 0.15) is 12.4 Å². The Morgan fingerprint density at radius 3 is 2.39 bits per heavy atom. The summed E-state index contributed by atoms with van der Waals surface area (Å²) in [7, 11) is -2.06. The molecule has 8 nitrogen and oxygen atoms in total. The van der Waals surface area contributed by atoms with Gasteiger partial charge in [-0.2, -0.15) is 4.31 Å². The molecule has 0 fully saturated rings. The van der Waals surface area contributed by atoms with E-state index in [1.807, 2.05) is 26.8 Å². The van der Waals surface area contributed by atoms with Gasteiger partial charge in [-0.15, -0.1) is 0 Å². The van der Waals surface area contributed by atoms with Crippen molar-refractivity contribution in [2.24, 2.45) is 0 Å². The molecule has 0 aliphatic heterocycles. The molecule has 1 heterocycles. The molecule has 0 aliphatic rings. The molecule has 9 heteroatoms. The van der Waals surface area contributed by atoms with Crippen LogP contribution in [-0.4, -0.2) is 50.2 Å². The van der Waals surface area contributed by atoms with Gasteiger partial charge in [0.2, 0.25) is 10.0 Å². The molecule has 0 spiro atoms. The number of hydrogen-bond acceptors (Lipinski definition) is 6. The maximum atomic E-state index is 12.5. The summed E-state index contributed by atoms with van der Waals surface area (Å²) in [6.07, 6.45) is 2.64. The number of hydrogen-bond donors (Lipinski definition) is 1. The van der Waals surface area contributed by atoms with Crippen molar-refractivity contribution in [3.8, 4) is 16.9 Å². The van der Waals surface area contributed by atoms with E-state index in [1.165, 1.54) is 11.2 Å². The number of aromatic amines is 1. The van der Waals surface area contributed by atoms with Crippen LogP contribution in [0.3, 0.4) is 0 Å². The summed E-state index contributed by atoms with van der Waals surface area (Å²) in [5, 5.41) is 0. The van der Waals surface area contributed by atoms with Crippen molar-refractivity contribution in [3.05, 3.63) is 51.9 Å². The monoisotopic (exact) mass is 450 g/mol. The summed E-state index contributed by atoms with van der Waals surface area (Å²) in [6.45, 7) is 7.28. The van der Waals surface area contributed by atoms with E-state index < -0.39 is 16.0 Å². The van der Waals surface area contributed by atoms with Crippen molar-refractivity contribution < 1.29 is 22.7 Å². The Morgan fingerprint density at radius 1 is 1.19 bits per heavy atom. The van der Waals surface area contributed by atoms with E-state index in [9.17, 15) is 18.0 Å². The zero-order chi connectivity index (χ0) is 23.4. The fraction of sp³-hybridized carbons (Fsp3) is 0.455. The van der Waals surface area contributed by atoms with Gasteiger partial charge in [-0.25, -0.2) is 8.42 Å². The van der Waals surface area contributed by atoms with Crippen LogP contribution in [0.1, 0.15) is 38.8 Å². The molecule has 0 aliphatic carbocycles. The summed E-state index contributed by atoms with van der Waals surface area (Å²) in [5.74, 6) is 0.119. The number of nitrogens with one attached hydrogen (secondary N) is 1. The largest absolute Gasteiger partial charge is 0.496 e. The molecule has 1 N–H and O–H groups in total. The van der Waals surface area contributed by atoms with Crippen LogP contribution in [0.25, 0.3) is 11.1 Å². The number of pyridine rings is 1. The number of ether oxygens (including phenoxy) is 2. The third-order valence-corrected chi connectivity index (χ3v) is 6.05. The Balaban J connectivity index is 2.64. The summed E-state index contributed by atoms with van der Waals surface area (Å²) in [6, 6.07) is 7.06. The van der Waals surface area contributed by atoms with Crippen LogP contribution < -0.4 is 10.3 Å². The van der Waals surface area contributed by atoms with Crippen LogP contribution in [0.5, 0.6) is 5.75 Å². The van der Waals surface area contributed by atoms with E-state index in [1.54, 1.807) is 31.5 Å². The number of carbonyl (C=O) groups is 1. The van der Waals surface area contributed by atoms with E-state index in [2.05, 4.69) is 4.98 Å². The first-order chi connectivity index (χ1) is 14.3. The molecule has 0 saturated heterocycles. The lowest BCUT2D eigenvalue weighted by Crippen LogP contribution is -2.33.